The Bertz CT molecular complexity index is 1090. The Morgan fingerprint density at radius 1 is 0.742 bits per heavy atom. The fourth-order valence-electron chi connectivity index (χ4n) is 2.93. The Morgan fingerprint density at radius 3 is 1.87 bits per heavy atom. The van der Waals surface area contributed by atoms with Gasteiger partial charge in [-0.05, 0) is 42.5 Å². The highest BCUT2D eigenvalue weighted by molar-refractivity contribution is 6.34. The number of nitrogens with one attached hydrogen (secondary N) is 2. The Hall–Kier alpha value is -3.71. The molecule has 8 heteroatoms. The zero-order valence-corrected chi connectivity index (χ0v) is 17.9. The number of halogens is 1. The van der Waals surface area contributed by atoms with Gasteiger partial charge in [-0.1, -0.05) is 29.8 Å². The maximum Gasteiger partial charge on any atom is 0.257 e. The first-order valence-electron chi connectivity index (χ1n) is 9.24. The number of amides is 2. The normalized spacial score (nSPS) is 10.2. The van der Waals surface area contributed by atoms with Crippen molar-refractivity contribution in [2.45, 2.75) is 0 Å². The van der Waals surface area contributed by atoms with Crippen LogP contribution in [0.15, 0.2) is 60.7 Å². The molecule has 0 aliphatic heterocycles. The highest BCUT2D eigenvalue weighted by atomic mass is 35.5. The van der Waals surface area contributed by atoms with Gasteiger partial charge < -0.3 is 24.8 Å². The van der Waals surface area contributed by atoms with Crippen molar-refractivity contribution in [1.29, 1.82) is 0 Å². The summed E-state index contributed by atoms with van der Waals surface area (Å²) in [4.78, 5) is 25.3. The van der Waals surface area contributed by atoms with E-state index in [2.05, 4.69) is 10.6 Å². The summed E-state index contributed by atoms with van der Waals surface area (Å²) in [6.07, 6.45) is 0. The molecule has 0 aromatic heterocycles. The van der Waals surface area contributed by atoms with Crippen LogP contribution in [0.2, 0.25) is 5.02 Å². The Labute approximate surface area is 184 Å². The molecule has 7 nitrogen and oxygen atoms in total. The van der Waals surface area contributed by atoms with Crippen molar-refractivity contribution in [2.24, 2.45) is 0 Å². The summed E-state index contributed by atoms with van der Waals surface area (Å²) in [6, 6.07) is 16.6. The van der Waals surface area contributed by atoms with E-state index < -0.39 is 0 Å². The third kappa shape index (κ3) is 5.07. The monoisotopic (exact) mass is 440 g/mol. The maximum absolute atomic E-state index is 12.8. The van der Waals surface area contributed by atoms with Crippen LogP contribution < -0.4 is 24.8 Å². The van der Waals surface area contributed by atoms with E-state index >= 15 is 0 Å². The minimum atomic E-state index is -0.381. The molecule has 0 aliphatic carbocycles. The minimum absolute atomic E-state index is 0.319. The highest BCUT2D eigenvalue weighted by Gasteiger charge is 2.17. The molecule has 0 bridgehead atoms. The Morgan fingerprint density at radius 2 is 1.32 bits per heavy atom. The van der Waals surface area contributed by atoms with Crippen LogP contribution in [0.3, 0.4) is 0 Å². The number of carbonyl (C=O) groups excluding carboxylic acids is 2. The lowest BCUT2D eigenvalue weighted by Gasteiger charge is -2.14. The number of methoxy groups -OCH3 is 3. The van der Waals surface area contributed by atoms with Gasteiger partial charge in [0.2, 0.25) is 5.75 Å². The van der Waals surface area contributed by atoms with E-state index in [0.29, 0.717) is 44.8 Å². The standard InChI is InChI=1S/C23H21ClN2O5/c1-29-19-11-14(12-20(30-2)21(19)31-3)22(27)25-15-7-6-8-16(13-15)26-23(28)17-9-4-5-10-18(17)24/h4-13H,1-3H3,(H,25,27)(H,26,28). The maximum atomic E-state index is 12.8. The zero-order valence-electron chi connectivity index (χ0n) is 17.2. The average molecular weight is 441 g/mol. The Kier molecular flexibility index (Phi) is 6.99. The van der Waals surface area contributed by atoms with Gasteiger partial charge in [0.05, 0.1) is 31.9 Å². The second-order valence-corrected chi connectivity index (χ2v) is 6.79. The van der Waals surface area contributed by atoms with Crippen LogP contribution in [0.1, 0.15) is 20.7 Å². The van der Waals surface area contributed by atoms with Gasteiger partial charge in [-0.2, -0.15) is 0 Å². The smallest absolute Gasteiger partial charge is 0.257 e. The van der Waals surface area contributed by atoms with Crippen molar-refractivity contribution in [3.63, 3.8) is 0 Å². The number of carbonyl (C=O) groups is 2. The molecule has 0 aliphatic rings. The van der Waals surface area contributed by atoms with E-state index in [1.807, 2.05) is 0 Å². The van der Waals surface area contributed by atoms with Gasteiger partial charge in [0, 0.05) is 16.9 Å². The van der Waals surface area contributed by atoms with Gasteiger partial charge in [-0.15, -0.1) is 0 Å². The largest absolute Gasteiger partial charge is 0.493 e. The quantitative estimate of drug-likeness (QED) is 0.547. The molecule has 3 aromatic rings. The molecule has 0 heterocycles. The van der Waals surface area contributed by atoms with E-state index in [1.165, 1.54) is 21.3 Å². The minimum Gasteiger partial charge on any atom is -0.493 e. The van der Waals surface area contributed by atoms with Crippen LogP contribution in [0.4, 0.5) is 11.4 Å². The number of benzene rings is 3. The van der Waals surface area contributed by atoms with E-state index in [-0.39, 0.29) is 11.8 Å². The lowest BCUT2D eigenvalue weighted by Crippen LogP contribution is -2.14. The summed E-state index contributed by atoms with van der Waals surface area (Å²) >= 11 is 6.08. The van der Waals surface area contributed by atoms with Crippen molar-refractivity contribution >= 4 is 34.8 Å². The van der Waals surface area contributed by atoms with E-state index in [1.54, 1.807) is 60.7 Å². The molecule has 0 saturated heterocycles. The number of anilines is 2. The van der Waals surface area contributed by atoms with E-state index in [0.717, 1.165) is 0 Å². The van der Waals surface area contributed by atoms with Crippen LogP contribution in [0.5, 0.6) is 17.2 Å². The summed E-state index contributed by atoms with van der Waals surface area (Å²) in [6.45, 7) is 0. The summed E-state index contributed by atoms with van der Waals surface area (Å²) in [5, 5.41) is 5.92. The molecule has 3 rings (SSSR count). The van der Waals surface area contributed by atoms with Gasteiger partial charge in [-0.25, -0.2) is 0 Å². The third-order valence-corrected chi connectivity index (χ3v) is 4.75. The first-order chi connectivity index (χ1) is 15.0. The Balaban J connectivity index is 1.79. The topological polar surface area (TPSA) is 85.9 Å². The molecule has 3 aromatic carbocycles. The third-order valence-electron chi connectivity index (χ3n) is 4.42. The molecule has 0 unspecified atom stereocenters. The van der Waals surface area contributed by atoms with Gasteiger partial charge in [-0.3, -0.25) is 9.59 Å². The number of ether oxygens (including phenoxy) is 3. The molecule has 0 fully saturated rings. The molecule has 160 valence electrons. The van der Waals surface area contributed by atoms with Crippen LogP contribution in [0, 0.1) is 0 Å². The molecule has 2 amide bonds. The second-order valence-electron chi connectivity index (χ2n) is 6.38. The van der Waals surface area contributed by atoms with Crippen molar-refractivity contribution in [1.82, 2.24) is 0 Å². The van der Waals surface area contributed by atoms with Crippen LogP contribution in [0.25, 0.3) is 0 Å². The highest BCUT2D eigenvalue weighted by Crippen LogP contribution is 2.38. The van der Waals surface area contributed by atoms with Crippen molar-refractivity contribution < 1.29 is 23.8 Å². The molecule has 0 saturated carbocycles. The lowest BCUT2D eigenvalue weighted by atomic mass is 10.1. The molecule has 31 heavy (non-hydrogen) atoms. The number of hydrogen-bond acceptors (Lipinski definition) is 5. The first kappa shape index (κ1) is 22.0. The summed E-state index contributed by atoms with van der Waals surface area (Å²) in [5.74, 6) is 0.402. The van der Waals surface area contributed by atoms with Gasteiger partial charge in [0.15, 0.2) is 11.5 Å². The molecule has 0 atom stereocenters. The summed E-state index contributed by atoms with van der Waals surface area (Å²) in [7, 11) is 4.44. The predicted octanol–water partition coefficient (Wildman–Crippen LogP) is 4.87. The molecule has 2 N–H and O–H groups in total. The van der Waals surface area contributed by atoms with Gasteiger partial charge in [0.25, 0.3) is 11.8 Å². The van der Waals surface area contributed by atoms with Crippen molar-refractivity contribution in [2.75, 3.05) is 32.0 Å². The second kappa shape index (κ2) is 9.86. The van der Waals surface area contributed by atoms with Gasteiger partial charge in [0.1, 0.15) is 0 Å². The summed E-state index contributed by atoms with van der Waals surface area (Å²) in [5.41, 5.74) is 1.68. The average Bonchev–Trinajstić information content (AvgIpc) is 2.78. The number of hydrogen-bond donors (Lipinski definition) is 2. The molecule has 0 spiro atoms. The molecular formula is C23H21ClN2O5. The van der Waals surface area contributed by atoms with E-state index in [9.17, 15) is 9.59 Å². The van der Waals surface area contributed by atoms with Crippen molar-refractivity contribution in [3.05, 3.63) is 76.8 Å². The van der Waals surface area contributed by atoms with Crippen LogP contribution in [-0.4, -0.2) is 33.1 Å². The first-order valence-corrected chi connectivity index (χ1v) is 9.62. The van der Waals surface area contributed by atoms with E-state index in [4.69, 9.17) is 25.8 Å². The SMILES string of the molecule is COc1cc(C(=O)Nc2cccc(NC(=O)c3ccccc3Cl)c2)cc(OC)c1OC. The van der Waals surface area contributed by atoms with Gasteiger partial charge >= 0.3 is 0 Å². The molecule has 0 radical (unpaired) electrons. The lowest BCUT2D eigenvalue weighted by molar-refractivity contribution is 0.101. The zero-order chi connectivity index (χ0) is 22.4. The molecular weight excluding hydrogens is 420 g/mol. The fraction of sp³-hybridized carbons (Fsp3) is 0.130. The number of rotatable bonds is 7. The summed E-state index contributed by atoms with van der Waals surface area (Å²) < 4.78 is 15.9. The van der Waals surface area contributed by atoms with Crippen LogP contribution in [-0.2, 0) is 0 Å². The predicted molar refractivity (Wildman–Crippen MR) is 120 cm³/mol. The van der Waals surface area contributed by atoms with Crippen molar-refractivity contribution in [3.8, 4) is 17.2 Å². The van der Waals surface area contributed by atoms with Crippen LogP contribution >= 0.6 is 11.6 Å². The fourth-order valence-corrected chi connectivity index (χ4v) is 3.16.